The number of halogens is 2. The highest BCUT2D eigenvalue weighted by atomic mass is 79.9. The van der Waals surface area contributed by atoms with Crippen molar-refractivity contribution in [1.29, 1.82) is 0 Å². The molecule has 0 fully saturated rings. The summed E-state index contributed by atoms with van der Waals surface area (Å²) in [5, 5.41) is 3.33. The number of hydrogen-bond donors (Lipinski definition) is 1. The van der Waals surface area contributed by atoms with E-state index in [2.05, 4.69) is 26.2 Å². The number of hydrogen-bond acceptors (Lipinski definition) is 2. The topological polar surface area (TPSA) is 42.0 Å². The zero-order valence-electron chi connectivity index (χ0n) is 10.5. The van der Waals surface area contributed by atoms with Gasteiger partial charge in [0.1, 0.15) is 5.69 Å². The van der Waals surface area contributed by atoms with Crippen LogP contribution in [0, 0.1) is 13.8 Å². The Labute approximate surface area is 125 Å². The molecule has 0 unspecified atom stereocenters. The van der Waals surface area contributed by atoms with Crippen LogP contribution in [0.5, 0.6) is 0 Å². The van der Waals surface area contributed by atoms with E-state index in [1.165, 1.54) is 6.20 Å². The van der Waals surface area contributed by atoms with E-state index in [9.17, 15) is 4.79 Å². The highest BCUT2D eigenvalue weighted by Gasteiger charge is 2.09. The van der Waals surface area contributed by atoms with Gasteiger partial charge in [-0.25, -0.2) is 4.98 Å². The second-order valence-corrected chi connectivity index (χ2v) is 5.47. The zero-order chi connectivity index (χ0) is 14.0. The first-order chi connectivity index (χ1) is 8.97. The van der Waals surface area contributed by atoms with E-state index in [-0.39, 0.29) is 5.91 Å². The molecule has 5 heteroatoms. The van der Waals surface area contributed by atoms with Crippen LogP contribution in [0.25, 0.3) is 0 Å². The molecule has 3 nitrogen and oxygen atoms in total. The molecule has 1 aromatic heterocycles. The molecule has 0 aliphatic carbocycles. The van der Waals surface area contributed by atoms with Crippen molar-refractivity contribution in [2.75, 3.05) is 5.32 Å². The van der Waals surface area contributed by atoms with Crippen molar-refractivity contribution in [2.45, 2.75) is 13.8 Å². The lowest BCUT2D eigenvalue weighted by Crippen LogP contribution is -2.13. The molecular weight excluding hydrogens is 328 g/mol. The van der Waals surface area contributed by atoms with E-state index in [4.69, 9.17) is 11.6 Å². The number of pyridine rings is 1. The highest BCUT2D eigenvalue weighted by molar-refractivity contribution is 9.10. The number of nitrogens with zero attached hydrogens (tertiary/aromatic N) is 1. The second kappa shape index (κ2) is 5.72. The maximum absolute atomic E-state index is 12.0. The standard InChI is InChI=1S/C14H12BrClN2O/c1-8-5-11(6-9(2)13(8)15)18-14(19)12-4-3-10(16)7-17-12/h3-7H,1-2H3,(H,18,19). The molecule has 0 radical (unpaired) electrons. The van der Waals surface area contributed by atoms with Gasteiger partial charge in [0.05, 0.1) is 5.02 Å². The first kappa shape index (κ1) is 14.0. The van der Waals surface area contributed by atoms with Gasteiger partial charge >= 0.3 is 0 Å². The molecule has 1 heterocycles. The number of amides is 1. The maximum atomic E-state index is 12.0. The van der Waals surface area contributed by atoms with Gasteiger partial charge in [0.25, 0.3) is 5.91 Å². The lowest BCUT2D eigenvalue weighted by molar-refractivity contribution is 0.102. The third-order valence-corrected chi connectivity index (χ3v) is 4.13. The molecule has 0 saturated carbocycles. The lowest BCUT2D eigenvalue weighted by atomic mass is 10.1. The van der Waals surface area contributed by atoms with Crippen LogP contribution in [-0.4, -0.2) is 10.9 Å². The molecule has 1 amide bonds. The SMILES string of the molecule is Cc1cc(NC(=O)c2ccc(Cl)cn2)cc(C)c1Br. The Morgan fingerprint density at radius 3 is 2.42 bits per heavy atom. The fourth-order valence-corrected chi connectivity index (χ4v) is 2.06. The average molecular weight is 340 g/mol. The van der Waals surface area contributed by atoms with Crippen LogP contribution in [0.3, 0.4) is 0 Å². The van der Waals surface area contributed by atoms with Crippen molar-refractivity contribution in [2.24, 2.45) is 0 Å². The molecule has 0 aliphatic rings. The molecule has 2 rings (SSSR count). The van der Waals surface area contributed by atoms with E-state index in [1.54, 1.807) is 12.1 Å². The first-order valence-corrected chi connectivity index (χ1v) is 6.84. The van der Waals surface area contributed by atoms with E-state index in [1.807, 2.05) is 26.0 Å². The quantitative estimate of drug-likeness (QED) is 0.883. The fourth-order valence-electron chi connectivity index (χ4n) is 1.72. The van der Waals surface area contributed by atoms with Crippen molar-refractivity contribution in [3.05, 3.63) is 56.8 Å². The van der Waals surface area contributed by atoms with Gasteiger partial charge in [-0.2, -0.15) is 0 Å². The van der Waals surface area contributed by atoms with Gasteiger partial charge in [0.15, 0.2) is 0 Å². The van der Waals surface area contributed by atoms with Gasteiger partial charge in [-0.05, 0) is 49.2 Å². The van der Waals surface area contributed by atoms with Crippen LogP contribution in [0.4, 0.5) is 5.69 Å². The summed E-state index contributed by atoms with van der Waals surface area (Å²) >= 11 is 9.23. The third-order valence-electron chi connectivity index (χ3n) is 2.65. The van der Waals surface area contributed by atoms with Gasteiger partial charge in [-0.1, -0.05) is 27.5 Å². The van der Waals surface area contributed by atoms with Gasteiger partial charge in [0, 0.05) is 16.4 Å². The summed E-state index contributed by atoms with van der Waals surface area (Å²) in [5.74, 6) is -0.252. The van der Waals surface area contributed by atoms with Gasteiger partial charge in [0.2, 0.25) is 0 Å². The van der Waals surface area contributed by atoms with Crippen LogP contribution in [0.1, 0.15) is 21.6 Å². The molecule has 1 aromatic carbocycles. The van der Waals surface area contributed by atoms with E-state index in [0.717, 1.165) is 21.3 Å². The summed E-state index contributed by atoms with van der Waals surface area (Å²) in [6, 6.07) is 7.05. The highest BCUT2D eigenvalue weighted by Crippen LogP contribution is 2.25. The monoisotopic (exact) mass is 338 g/mol. The molecule has 1 N–H and O–H groups in total. The van der Waals surface area contributed by atoms with Gasteiger partial charge in [-0.15, -0.1) is 0 Å². The van der Waals surface area contributed by atoms with Crippen molar-refractivity contribution >= 4 is 39.1 Å². The number of carbonyl (C=O) groups excluding carboxylic acids is 1. The third kappa shape index (κ3) is 3.33. The summed E-state index contributed by atoms with van der Waals surface area (Å²) < 4.78 is 1.05. The Hall–Kier alpha value is -1.39. The zero-order valence-corrected chi connectivity index (χ0v) is 12.8. The molecule has 0 saturated heterocycles. The predicted octanol–water partition coefficient (Wildman–Crippen LogP) is 4.37. The molecule has 19 heavy (non-hydrogen) atoms. The van der Waals surface area contributed by atoms with Crippen LogP contribution in [0.15, 0.2) is 34.9 Å². The molecule has 0 bridgehead atoms. The number of benzene rings is 1. The number of rotatable bonds is 2. The van der Waals surface area contributed by atoms with E-state index < -0.39 is 0 Å². The summed E-state index contributed by atoms with van der Waals surface area (Å²) in [4.78, 5) is 16.0. The van der Waals surface area contributed by atoms with Crippen molar-refractivity contribution in [3.8, 4) is 0 Å². The minimum Gasteiger partial charge on any atom is -0.321 e. The van der Waals surface area contributed by atoms with Crippen LogP contribution >= 0.6 is 27.5 Å². The Morgan fingerprint density at radius 1 is 1.26 bits per heavy atom. The molecule has 98 valence electrons. The molecule has 2 aromatic rings. The lowest BCUT2D eigenvalue weighted by Gasteiger charge is -2.09. The summed E-state index contributed by atoms with van der Waals surface area (Å²) in [5.41, 5.74) is 3.22. The minimum absolute atomic E-state index is 0.252. The molecular formula is C14H12BrClN2O. The van der Waals surface area contributed by atoms with E-state index >= 15 is 0 Å². The number of anilines is 1. The molecule has 0 spiro atoms. The smallest absolute Gasteiger partial charge is 0.274 e. The number of nitrogens with one attached hydrogen (secondary N) is 1. The normalized spacial score (nSPS) is 10.3. The Balaban J connectivity index is 2.22. The number of carbonyl (C=O) groups is 1. The minimum atomic E-state index is -0.252. The van der Waals surface area contributed by atoms with Gasteiger partial charge in [-0.3, -0.25) is 4.79 Å². The first-order valence-electron chi connectivity index (χ1n) is 5.67. The summed E-state index contributed by atoms with van der Waals surface area (Å²) in [7, 11) is 0. The summed E-state index contributed by atoms with van der Waals surface area (Å²) in [6.45, 7) is 3.96. The Bertz CT molecular complexity index is 603. The fraction of sp³-hybridized carbons (Fsp3) is 0.143. The van der Waals surface area contributed by atoms with Crippen LogP contribution in [-0.2, 0) is 0 Å². The van der Waals surface area contributed by atoms with Crippen molar-refractivity contribution in [1.82, 2.24) is 4.98 Å². The average Bonchev–Trinajstić information content (AvgIpc) is 2.36. The van der Waals surface area contributed by atoms with Crippen molar-refractivity contribution < 1.29 is 4.79 Å². The Morgan fingerprint density at radius 2 is 1.89 bits per heavy atom. The maximum Gasteiger partial charge on any atom is 0.274 e. The van der Waals surface area contributed by atoms with Gasteiger partial charge < -0.3 is 5.32 Å². The van der Waals surface area contributed by atoms with Crippen LogP contribution < -0.4 is 5.32 Å². The van der Waals surface area contributed by atoms with E-state index in [0.29, 0.717) is 10.7 Å². The number of aromatic nitrogens is 1. The number of aryl methyl sites for hydroxylation is 2. The Kier molecular flexibility index (Phi) is 4.22. The molecule has 0 aliphatic heterocycles. The predicted molar refractivity (Wildman–Crippen MR) is 80.8 cm³/mol. The summed E-state index contributed by atoms with van der Waals surface area (Å²) in [6.07, 6.45) is 1.45. The van der Waals surface area contributed by atoms with Crippen LogP contribution in [0.2, 0.25) is 5.02 Å². The van der Waals surface area contributed by atoms with Crippen molar-refractivity contribution in [3.63, 3.8) is 0 Å². The molecule has 0 atom stereocenters. The second-order valence-electron chi connectivity index (χ2n) is 4.24. The largest absolute Gasteiger partial charge is 0.321 e.